The summed E-state index contributed by atoms with van der Waals surface area (Å²) in [6, 6.07) is 11.4. The SMILES string of the molecule is CC(C)Oc1ccc(C(=O)NC(CCO)Cc2ccc(-c3cn(CC(F)(F)F)c(C(C)(C)O)n3)cc2)cc1Cl. The predicted molar refractivity (Wildman–Crippen MR) is 143 cm³/mol. The van der Waals surface area contributed by atoms with Gasteiger partial charge in [-0.05, 0) is 64.3 Å². The van der Waals surface area contributed by atoms with Gasteiger partial charge in [-0.1, -0.05) is 35.9 Å². The second-order valence-corrected chi connectivity index (χ2v) is 10.6. The molecule has 0 radical (unpaired) electrons. The third-order valence-electron chi connectivity index (χ3n) is 5.77. The Balaban J connectivity index is 1.74. The van der Waals surface area contributed by atoms with Crippen molar-refractivity contribution in [2.24, 2.45) is 0 Å². The Labute approximate surface area is 230 Å². The minimum absolute atomic E-state index is 0.0679. The summed E-state index contributed by atoms with van der Waals surface area (Å²) in [6.45, 7) is 5.10. The average Bonchev–Trinajstić information content (AvgIpc) is 3.23. The Kier molecular flexibility index (Phi) is 9.69. The number of amides is 1. The number of hydrogen-bond donors (Lipinski definition) is 3. The highest BCUT2D eigenvalue weighted by molar-refractivity contribution is 6.32. The second kappa shape index (κ2) is 12.4. The summed E-state index contributed by atoms with van der Waals surface area (Å²) in [5.74, 6) is 0.0408. The van der Waals surface area contributed by atoms with Crippen molar-refractivity contribution >= 4 is 17.5 Å². The van der Waals surface area contributed by atoms with Gasteiger partial charge < -0.3 is 24.8 Å². The first-order chi connectivity index (χ1) is 18.2. The molecule has 0 saturated heterocycles. The van der Waals surface area contributed by atoms with Crippen LogP contribution in [0.25, 0.3) is 11.3 Å². The highest BCUT2D eigenvalue weighted by atomic mass is 35.5. The number of benzene rings is 2. The predicted octanol–water partition coefficient (Wildman–Crippen LogP) is 5.50. The summed E-state index contributed by atoms with van der Waals surface area (Å²) in [5.41, 5.74) is 0.502. The minimum atomic E-state index is -4.47. The lowest BCUT2D eigenvalue weighted by Crippen LogP contribution is -2.37. The Hall–Kier alpha value is -3.08. The summed E-state index contributed by atoms with van der Waals surface area (Å²) in [7, 11) is 0. The summed E-state index contributed by atoms with van der Waals surface area (Å²) >= 11 is 6.26. The molecule has 0 aliphatic heterocycles. The average molecular weight is 568 g/mol. The Morgan fingerprint density at radius 2 is 1.82 bits per heavy atom. The molecule has 0 bridgehead atoms. The van der Waals surface area contributed by atoms with Crippen molar-refractivity contribution in [1.29, 1.82) is 0 Å². The fourth-order valence-corrected chi connectivity index (χ4v) is 4.32. The maximum Gasteiger partial charge on any atom is 0.406 e. The smallest absolute Gasteiger partial charge is 0.406 e. The zero-order valence-electron chi connectivity index (χ0n) is 22.2. The van der Waals surface area contributed by atoms with Crippen LogP contribution in [0.15, 0.2) is 48.7 Å². The first kappa shape index (κ1) is 30.5. The number of halogens is 4. The van der Waals surface area contributed by atoms with E-state index in [1.165, 1.54) is 26.1 Å². The number of aliphatic hydroxyl groups is 2. The summed E-state index contributed by atoms with van der Waals surface area (Å²) in [5, 5.41) is 23.1. The molecule has 3 rings (SSSR count). The van der Waals surface area contributed by atoms with Crippen LogP contribution < -0.4 is 10.1 Å². The number of alkyl halides is 3. The van der Waals surface area contributed by atoms with E-state index in [2.05, 4.69) is 10.3 Å². The van der Waals surface area contributed by atoms with Gasteiger partial charge in [0.05, 0.1) is 16.8 Å². The van der Waals surface area contributed by atoms with Gasteiger partial charge in [0.2, 0.25) is 0 Å². The molecule has 3 N–H and O–H groups in total. The van der Waals surface area contributed by atoms with Crippen LogP contribution >= 0.6 is 11.6 Å². The number of nitrogens with one attached hydrogen (secondary N) is 1. The van der Waals surface area contributed by atoms with Crippen LogP contribution in [-0.2, 0) is 18.6 Å². The number of nitrogens with zero attached hydrogens (tertiary/aromatic N) is 2. The molecule has 0 fully saturated rings. The fourth-order valence-electron chi connectivity index (χ4n) is 4.09. The molecule has 1 heterocycles. The molecule has 1 atom stereocenters. The van der Waals surface area contributed by atoms with Gasteiger partial charge in [0.15, 0.2) is 0 Å². The molecule has 212 valence electrons. The molecule has 3 aromatic rings. The fraction of sp³-hybridized carbons (Fsp3) is 0.429. The lowest BCUT2D eigenvalue weighted by atomic mass is 10.0. The van der Waals surface area contributed by atoms with Gasteiger partial charge in [-0.25, -0.2) is 4.98 Å². The monoisotopic (exact) mass is 567 g/mol. The first-order valence-electron chi connectivity index (χ1n) is 12.5. The number of rotatable bonds is 11. The molecular formula is C28H33ClF3N3O4. The van der Waals surface area contributed by atoms with Crippen molar-refractivity contribution in [3.05, 3.63) is 70.6 Å². The molecule has 0 aliphatic carbocycles. The molecule has 0 spiro atoms. The van der Waals surface area contributed by atoms with Gasteiger partial charge in [-0.15, -0.1) is 0 Å². The number of aromatic nitrogens is 2. The van der Waals surface area contributed by atoms with Gasteiger partial charge in [-0.3, -0.25) is 4.79 Å². The zero-order chi connectivity index (χ0) is 29.0. The zero-order valence-corrected chi connectivity index (χ0v) is 23.0. The molecule has 1 aromatic heterocycles. The number of carbonyl (C=O) groups excluding carboxylic acids is 1. The van der Waals surface area contributed by atoms with E-state index in [1.54, 1.807) is 36.4 Å². The second-order valence-electron chi connectivity index (χ2n) is 10.1. The van der Waals surface area contributed by atoms with Gasteiger partial charge in [-0.2, -0.15) is 13.2 Å². The lowest BCUT2D eigenvalue weighted by molar-refractivity contribution is -0.142. The number of hydrogen-bond acceptors (Lipinski definition) is 5. The van der Waals surface area contributed by atoms with Gasteiger partial charge >= 0.3 is 6.18 Å². The quantitative estimate of drug-likeness (QED) is 0.284. The van der Waals surface area contributed by atoms with Crippen molar-refractivity contribution in [2.75, 3.05) is 6.61 Å². The van der Waals surface area contributed by atoms with Crippen LogP contribution in [0, 0.1) is 0 Å². The van der Waals surface area contributed by atoms with Crippen LogP contribution in [0.5, 0.6) is 5.75 Å². The van der Waals surface area contributed by atoms with E-state index in [1.807, 2.05) is 13.8 Å². The summed E-state index contributed by atoms with van der Waals surface area (Å²) < 4.78 is 45.7. The first-order valence-corrected chi connectivity index (χ1v) is 12.9. The van der Waals surface area contributed by atoms with E-state index >= 15 is 0 Å². The largest absolute Gasteiger partial charge is 0.489 e. The van der Waals surface area contributed by atoms with E-state index < -0.39 is 18.3 Å². The summed E-state index contributed by atoms with van der Waals surface area (Å²) in [4.78, 5) is 17.1. The van der Waals surface area contributed by atoms with E-state index in [4.69, 9.17) is 16.3 Å². The topological polar surface area (TPSA) is 96.6 Å². The molecular weight excluding hydrogens is 535 g/mol. The van der Waals surface area contributed by atoms with Crippen LogP contribution in [0.2, 0.25) is 5.02 Å². The Morgan fingerprint density at radius 1 is 1.15 bits per heavy atom. The minimum Gasteiger partial charge on any atom is -0.489 e. The highest BCUT2D eigenvalue weighted by Gasteiger charge is 2.33. The van der Waals surface area contributed by atoms with Crippen LogP contribution in [0.1, 0.15) is 55.9 Å². The van der Waals surface area contributed by atoms with E-state index in [9.17, 15) is 28.2 Å². The molecule has 0 saturated carbocycles. The Bertz CT molecular complexity index is 1270. The number of imidazole rings is 1. The van der Waals surface area contributed by atoms with Gasteiger partial charge in [0, 0.05) is 30.0 Å². The maximum absolute atomic E-state index is 13.0. The molecule has 2 aromatic carbocycles. The molecule has 1 amide bonds. The number of carbonyl (C=O) groups is 1. The molecule has 39 heavy (non-hydrogen) atoms. The molecule has 7 nitrogen and oxygen atoms in total. The molecule has 1 unspecified atom stereocenters. The standard InChI is InChI=1S/C28H33ClF3N3O4/c1-17(2)39-24-10-9-20(14-22(24)29)25(37)33-21(11-12-36)13-18-5-7-19(8-6-18)23-15-35(16-28(30,31)32)26(34-23)27(3,4)38/h5-10,14-15,17,21,36,38H,11-13,16H2,1-4H3,(H,33,37). The Morgan fingerprint density at radius 3 is 2.36 bits per heavy atom. The third-order valence-corrected chi connectivity index (χ3v) is 6.07. The van der Waals surface area contributed by atoms with Crippen molar-refractivity contribution in [2.45, 2.75) is 71.0 Å². The van der Waals surface area contributed by atoms with E-state index in [0.717, 1.165) is 10.1 Å². The van der Waals surface area contributed by atoms with E-state index in [-0.39, 0.29) is 30.5 Å². The van der Waals surface area contributed by atoms with Crippen molar-refractivity contribution in [3.8, 4) is 17.0 Å². The molecule has 11 heteroatoms. The lowest BCUT2D eigenvalue weighted by Gasteiger charge is -2.19. The van der Waals surface area contributed by atoms with Gasteiger partial charge in [0.1, 0.15) is 23.7 Å². The van der Waals surface area contributed by atoms with Crippen molar-refractivity contribution in [3.63, 3.8) is 0 Å². The van der Waals surface area contributed by atoms with Gasteiger partial charge in [0.25, 0.3) is 5.91 Å². The number of ether oxygens (including phenoxy) is 1. The third kappa shape index (κ3) is 8.71. The van der Waals surface area contributed by atoms with Crippen LogP contribution in [-0.4, -0.2) is 50.6 Å². The van der Waals surface area contributed by atoms with Crippen molar-refractivity contribution < 1.29 is 32.9 Å². The van der Waals surface area contributed by atoms with Crippen LogP contribution in [0.3, 0.4) is 0 Å². The van der Waals surface area contributed by atoms with Crippen LogP contribution in [0.4, 0.5) is 13.2 Å². The van der Waals surface area contributed by atoms with Crippen molar-refractivity contribution in [1.82, 2.24) is 14.9 Å². The normalized spacial score (nSPS) is 13.0. The maximum atomic E-state index is 13.0. The van der Waals surface area contributed by atoms with E-state index in [0.29, 0.717) is 40.4 Å². The molecule has 0 aliphatic rings. The summed E-state index contributed by atoms with van der Waals surface area (Å²) in [6.07, 6.45) is -2.54. The highest BCUT2D eigenvalue weighted by Crippen LogP contribution is 2.29. The number of aliphatic hydroxyl groups excluding tert-OH is 1.